The maximum absolute atomic E-state index is 11.5. The normalized spacial score (nSPS) is 18.5. The molecule has 5 nitrogen and oxygen atoms in total. The Bertz CT molecular complexity index is 332. The molecular formula is C9H17NO4S. The molecule has 1 aliphatic rings. The van der Waals surface area contributed by atoms with Crippen molar-refractivity contribution in [2.75, 3.05) is 25.2 Å². The largest absolute Gasteiger partial charge is 0.469 e. The van der Waals surface area contributed by atoms with Crippen molar-refractivity contribution in [3.8, 4) is 0 Å². The smallest absolute Gasteiger partial charge is 0.306 e. The first-order valence-corrected chi connectivity index (χ1v) is 6.72. The van der Waals surface area contributed by atoms with Crippen LogP contribution in [0.15, 0.2) is 0 Å². The van der Waals surface area contributed by atoms with E-state index in [0.717, 1.165) is 12.8 Å². The fourth-order valence-corrected chi connectivity index (χ4v) is 3.47. The fraction of sp³-hybridized carbons (Fsp3) is 0.889. The lowest BCUT2D eigenvalue weighted by Gasteiger charge is -2.13. The van der Waals surface area contributed by atoms with Crippen LogP contribution in [0.3, 0.4) is 0 Å². The number of hydrogen-bond acceptors (Lipinski definition) is 5. The molecule has 6 heteroatoms. The highest BCUT2D eigenvalue weighted by atomic mass is 32.2. The number of hydrogen-bond donors (Lipinski definition) is 1. The fourth-order valence-electron chi connectivity index (χ4n) is 1.65. The summed E-state index contributed by atoms with van der Waals surface area (Å²) < 4.78 is 27.6. The standard InChI is InChI=1S/C9H17NO4S/c1-14-8(11)6-9(2-3-9)7-15(12,13)5-4-10/h2-7,10H2,1H3. The number of methoxy groups -OCH3 is 1. The van der Waals surface area contributed by atoms with Crippen LogP contribution in [0.5, 0.6) is 0 Å². The lowest BCUT2D eigenvalue weighted by atomic mass is 10.1. The van der Waals surface area contributed by atoms with Gasteiger partial charge in [-0.3, -0.25) is 4.79 Å². The van der Waals surface area contributed by atoms with E-state index < -0.39 is 9.84 Å². The number of carbonyl (C=O) groups excluding carboxylic acids is 1. The molecule has 1 aliphatic carbocycles. The van der Waals surface area contributed by atoms with Gasteiger partial charge in [-0.25, -0.2) is 8.42 Å². The van der Waals surface area contributed by atoms with Crippen molar-refractivity contribution in [1.82, 2.24) is 0 Å². The van der Waals surface area contributed by atoms with Gasteiger partial charge in [-0.2, -0.15) is 0 Å². The van der Waals surface area contributed by atoms with Crippen LogP contribution >= 0.6 is 0 Å². The molecule has 0 aromatic carbocycles. The van der Waals surface area contributed by atoms with E-state index in [1.165, 1.54) is 7.11 Å². The van der Waals surface area contributed by atoms with Crippen LogP contribution in [0.4, 0.5) is 0 Å². The SMILES string of the molecule is COC(=O)CC1(CS(=O)(=O)CCN)CC1. The molecule has 88 valence electrons. The summed E-state index contributed by atoms with van der Waals surface area (Å²) in [7, 11) is -1.80. The Morgan fingerprint density at radius 3 is 2.47 bits per heavy atom. The zero-order valence-corrected chi connectivity index (χ0v) is 9.68. The molecule has 0 aromatic heterocycles. The molecule has 0 aliphatic heterocycles. The van der Waals surface area contributed by atoms with Crippen molar-refractivity contribution in [2.24, 2.45) is 11.1 Å². The van der Waals surface area contributed by atoms with E-state index in [4.69, 9.17) is 5.73 Å². The van der Waals surface area contributed by atoms with Gasteiger partial charge in [0.15, 0.2) is 9.84 Å². The second-order valence-corrected chi connectivity index (χ2v) is 6.32. The third kappa shape index (κ3) is 3.79. The summed E-state index contributed by atoms with van der Waals surface area (Å²) in [6, 6.07) is 0. The Kier molecular flexibility index (Phi) is 3.72. The van der Waals surface area contributed by atoms with Crippen LogP contribution in [0.1, 0.15) is 19.3 Å². The summed E-state index contributed by atoms with van der Waals surface area (Å²) >= 11 is 0. The first-order valence-electron chi connectivity index (χ1n) is 4.90. The van der Waals surface area contributed by atoms with E-state index in [0.29, 0.717) is 0 Å². The van der Waals surface area contributed by atoms with Gasteiger partial charge < -0.3 is 10.5 Å². The monoisotopic (exact) mass is 235 g/mol. The number of rotatable bonds is 6. The number of carbonyl (C=O) groups is 1. The van der Waals surface area contributed by atoms with Crippen molar-refractivity contribution >= 4 is 15.8 Å². The zero-order chi connectivity index (χ0) is 11.5. The Balaban J connectivity index is 2.54. The Morgan fingerprint density at radius 1 is 1.47 bits per heavy atom. The van der Waals surface area contributed by atoms with Gasteiger partial charge in [0.25, 0.3) is 0 Å². The van der Waals surface area contributed by atoms with Gasteiger partial charge in [0, 0.05) is 6.54 Å². The van der Waals surface area contributed by atoms with Crippen molar-refractivity contribution in [2.45, 2.75) is 19.3 Å². The molecule has 0 saturated heterocycles. The quantitative estimate of drug-likeness (QED) is 0.639. The lowest BCUT2D eigenvalue weighted by Crippen LogP contribution is -2.26. The van der Waals surface area contributed by atoms with Gasteiger partial charge in [-0.15, -0.1) is 0 Å². The van der Waals surface area contributed by atoms with E-state index in [9.17, 15) is 13.2 Å². The molecule has 2 N–H and O–H groups in total. The maximum atomic E-state index is 11.5. The number of nitrogens with two attached hydrogens (primary N) is 1. The summed E-state index contributed by atoms with van der Waals surface area (Å²) in [5.41, 5.74) is 4.85. The summed E-state index contributed by atoms with van der Waals surface area (Å²) in [6.07, 6.45) is 1.77. The van der Waals surface area contributed by atoms with Gasteiger partial charge in [-0.1, -0.05) is 0 Å². The van der Waals surface area contributed by atoms with Gasteiger partial charge >= 0.3 is 5.97 Å². The summed E-state index contributed by atoms with van der Waals surface area (Å²) in [5, 5.41) is 0. The molecule has 0 radical (unpaired) electrons. The maximum Gasteiger partial charge on any atom is 0.306 e. The first-order chi connectivity index (χ1) is 6.93. The summed E-state index contributed by atoms with van der Waals surface area (Å²) in [4.78, 5) is 11.1. The molecule has 0 aromatic rings. The first kappa shape index (κ1) is 12.4. The molecule has 0 amide bonds. The molecule has 0 spiro atoms. The van der Waals surface area contributed by atoms with Crippen LogP contribution in [0, 0.1) is 5.41 Å². The van der Waals surface area contributed by atoms with Crippen molar-refractivity contribution < 1.29 is 17.9 Å². The number of esters is 1. The molecular weight excluding hydrogens is 218 g/mol. The van der Waals surface area contributed by atoms with Crippen LogP contribution in [0.25, 0.3) is 0 Å². The highest BCUT2D eigenvalue weighted by molar-refractivity contribution is 7.91. The molecule has 1 fully saturated rings. The summed E-state index contributed by atoms with van der Waals surface area (Å²) in [5.74, 6) is -0.280. The Labute approximate surface area is 89.9 Å². The minimum absolute atomic E-state index is 0.00405. The van der Waals surface area contributed by atoms with Crippen molar-refractivity contribution in [3.05, 3.63) is 0 Å². The molecule has 1 saturated carbocycles. The second kappa shape index (κ2) is 4.49. The van der Waals surface area contributed by atoms with Crippen molar-refractivity contribution in [3.63, 3.8) is 0 Å². The van der Waals surface area contributed by atoms with Gasteiger partial charge in [0.2, 0.25) is 0 Å². The second-order valence-electron chi connectivity index (χ2n) is 4.13. The van der Waals surface area contributed by atoms with E-state index in [2.05, 4.69) is 4.74 Å². The van der Waals surface area contributed by atoms with Crippen LogP contribution in [-0.4, -0.2) is 39.5 Å². The van der Waals surface area contributed by atoms with E-state index >= 15 is 0 Å². The van der Waals surface area contributed by atoms with Crippen molar-refractivity contribution in [1.29, 1.82) is 0 Å². The third-order valence-electron chi connectivity index (χ3n) is 2.66. The average Bonchev–Trinajstić information content (AvgIpc) is 2.83. The van der Waals surface area contributed by atoms with E-state index in [1.54, 1.807) is 0 Å². The Hall–Kier alpha value is -0.620. The molecule has 1 rings (SSSR count). The Morgan fingerprint density at radius 2 is 2.07 bits per heavy atom. The highest BCUT2D eigenvalue weighted by Crippen LogP contribution is 2.50. The summed E-state index contributed by atoms with van der Waals surface area (Å²) in [6.45, 7) is 0.136. The van der Waals surface area contributed by atoms with Crippen LogP contribution in [0.2, 0.25) is 0 Å². The van der Waals surface area contributed by atoms with E-state index in [1.807, 2.05) is 0 Å². The lowest BCUT2D eigenvalue weighted by molar-refractivity contribution is -0.141. The third-order valence-corrected chi connectivity index (χ3v) is 4.57. The van der Waals surface area contributed by atoms with Gasteiger partial charge in [-0.05, 0) is 18.3 Å². The average molecular weight is 235 g/mol. The predicted molar refractivity (Wildman–Crippen MR) is 56.0 cm³/mol. The highest BCUT2D eigenvalue weighted by Gasteiger charge is 2.47. The predicted octanol–water partition coefficient (Wildman–Crippen LogP) is -0.297. The van der Waals surface area contributed by atoms with Gasteiger partial charge in [0.1, 0.15) is 0 Å². The van der Waals surface area contributed by atoms with E-state index in [-0.39, 0.29) is 35.9 Å². The molecule has 0 atom stereocenters. The molecule has 0 heterocycles. The number of sulfone groups is 1. The minimum atomic E-state index is -3.11. The van der Waals surface area contributed by atoms with Gasteiger partial charge in [0.05, 0.1) is 25.0 Å². The molecule has 0 bridgehead atoms. The topological polar surface area (TPSA) is 86.5 Å². The molecule has 15 heavy (non-hydrogen) atoms. The number of ether oxygens (including phenoxy) is 1. The molecule has 0 unspecified atom stereocenters. The minimum Gasteiger partial charge on any atom is -0.469 e. The van der Waals surface area contributed by atoms with Crippen LogP contribution in [-0.2, 0) is 19.4 Å². The van der Waals surface area contributed by atoms with Crippen LogP contribution < -0.4 is 5.73 Å². The zero-order valence-electron chi connectivity index (χ0n) is 8.86.